The van der Waals surface area contributed by atoms with Gasteiger partial charge in [0.05, 0.1) is 0 Å². The fourth-order valence-corrected chi connectivity index (χ4v) is 31.3. The normalized spacial score (nSPS) is 24.8. The van der Waals surface area contributed by atoms with Crippen LogP contribution in [0.3, 0.4) is 0 Å². The number of fused-ring (bicyclic) bond motifs is 8. The number of rotatable bonds is 2. The van der Waals surface area contributed by atoms with Gasteiger partial charge >= 0.3 is 203 Å². The van der Waals surface area contributed by atoms with E-state index in [1.54, 1.807) is 54.9 Å². The van der Waals surface area contributed by atoms with E-state index in [-0.39, 0.29) is 0 Å². The molecule has 0 spiro atoms. The predicted molar refractivity (Wildman–Crippen MR) is 141 cm³/mol. The van der Waals surface area contributed by atoms with Gasteiger partial charge in [-0.05, 0) is 0 Å². The summed E-state index contributed by atoms with van der Waals surface area (Å²) in [6.07, 6.45) is 0. The summed E-state index contributed by atoms with van der Waals surface area (Å²) in [7, 11) is -1.90. The predicted octanol–water partition coefficient (Wildman–Crippen LogP) is 9.34. The van der Waals surface area contributed by atoms with E-state index in [4.69, 9.17) is 0 Å². The quantitative estimate of drug-likeness (QED) is 0.299. The summed E-state index contributed by atoms with van der Waals surface area (Å²) >= 11 is -2.88. The van der Waals surface area contributed by atoms with E-state index < -0.39 is 28.0 Å². The van der Waals surface area contributed by atoms with Crippen molar-refractivity contribution in [1.82, 2.24) is 0 Å². The molecule has 1 heterocycles. The molecule has 0 nitrogen and oxygen atoms in total. The average molecular weight is 607 g/mol. The molecule has 2 atom stereocenters. The SMILES string of the molecule is CC1=C2c3c(C(C)C)cccc3[CH]1[Hf]([CH3])([CH3])[CH]1C(C)=C(c3c(C(C)C)cccc31)[Si]2(C)C. The van der Waals surface area contributed by atoms with Gasteiger partial charge < -0.3 is 0 Å². The van der Waals surface area contributed by atoms with Crippen molar-refractivity contribution in [2.45, 2.75) is 83.2 Å². The van der Waals surface area contributed by atoms with Crippen molar-refractivity contribution in [3.8, 4) is 0 Å². The van der Waals surface area contributed by atoms with E-state index in [1.165, 1.54) is 0 Å². The number of benzene rings is 2. The minimum absolute atomic E-state index is 0.572. The minimum atomic E-state index is -2.88. The van der Waals surface area contributed by atoms with Gasteiger partial charge in [-0.25, -0.2) is 0 Å². The molecular weight excluding hydrogens is 567 g/mol. The Morgan fingerprint density at radius 3 is 1.41 bits per heavy atom. The zero-order valence-electron chi connectivity index (χ0n) is 21.8. The first kappa shape index (κ1) is 22.8. The Bertz CT molecular complexity index is 1110. The number of hydrogen-bond donors (Lipinski definition) is 0. The van der Waals surface area contributed by atoms with Gasteiger partial charge in [-0.1, -0.05) is 0 Å². The Morgan fingerprint density at radius 1 is 0.688 bits per heavy atom. The molecule has 3 aliphatic rings. The molecule has 2 aromatic carbocycles. The zero-order valence-corrected chi connectivity index (χ0v) is 26.4. The Labute approximate surface area is 201 Å². The van der Waals surface area contributed by atoms with Gasteiger partial charge in [0.1, 0.15) is 0 Å². The van der Waals surface area contributed by atoms with Gasteiger partial charge in [0.15, 0.2) is 0 Å². The number of hydrogen-bond acceptors (Lipinski definition) is 0. The Hall–Kier alpha value is -0.993. The van der Waals surface area contributed by atoms with Crippen LogP contribution in [0.5, 0.6) is 0 Å². The van der Waals surface area contributed by atoms with E-state index in [9.17, 15) is 0 Å². The molecular formula is C30H40HfSi. The fraction of sp³-hybridized carbons (Fsp3) is 0.467. The van der Waals surface area contributed by atoms with Crippen LogP contribution in [0.4, 0.5) is 0 Å². The molecule has 5 rings (SSSR count). The Balaban J connectivity index is 1.93. The molecule has 1 aliphatic heterocycles. The van der Waals surface area contributed by atoms with Gasteiger partial charge in [0.25, 0.3) is 0 Å². The summed E-state index contributed by atoms with van der Waals surface area (Å²) in [6.45, 7) is 20.0. The van der Waals surface area contributed by atoms with Crippen LogP contribution in [0.1, 0.15) is 94.1 Å². The molecule has 2 aromatic rings. The first-order valence-corrected chi connectivity index (χ1v) is 26.9. The zero-order chi connectivity index (χ0) is 23.3. The van der Waals surface area contributed by atoms with Crippen LogP contribution in [0.2, 0.25) is 22.5 Å². The third-order valence-electron chi connectivity index (χ3n) is 9.02. The molecule has 0 aromatic heterocycles. The summed E-state index contributed by atoms with van der Waals surface area (Å²) in [5.41, 5.74) is 13.5. The molecule has 0 fully saturated rings. The monoisotopic (exact) mass is 608 g/mol. The van der Waals surface area contributed by atoms with Gasteiger partial charge in [0, 0.05) is 0 Å². The van der Waals surface area contributed by atoms with Gasteiger partial charge in [-0.3, -0.25) is 0 Å². The van der Waals surface area contributed by atoms with Crippen molar-refractivity contribution in [3.05, 3.63) is 80.9 Å². The molecule has 4 bridgehead atoms. The first-order valence-electron chi connectivity index (χ1n) is 12.6. The van der Waals surface area contributed by atoms with Crippen molar-refractivity contribution >= 4 is 18.5 Å². The summed E-state index contributed by atoms with van der Waals surface area (Å²) in [4.78, 5) is 0. The van der Waals surface area contributed by atoms with Crippen LogP contribution in [0.15, 0.2) is 47.5 Å². The maximum atomic E-state index is 2.78. The second kappa shape index (κ2) is 7.25. The molecule has 0 radical (unpaired) electrons. The second-order valence-corrected chi connectivity index (χ2v) is 33.8. The van der Waals surface area contributed by atoms with E-state index in [1.807, 2.05) is 0 Å². The summed E-state index contributed by atoms with van der Waals surface area (Å²) in [5.74, 6) is 1.14. The van der Waals surface area contributed by atoms with Gasteiger partial charge in [0.2, 0.25) is 0 Å². The van der Waals surface area contributed by atoms with E-state index >= 15 is 0 Å². The molecule has 0 saturated carbocycles. The third kappa shape index (κ3) is 2.75. The van der Waals surface area contributed by atoms with E-state index in [0.717, 1.165) is 0 Å². The van der Waals surface area contributed by atoms with Crippen molar-refractivity contribution < 1.29 is 20.0 Å². The third-order valence-corrected chi connectivity index (χ3v) is 28.8. The fourth-order valence-electron chi connectivity index (χ4n) is 8.17. The summed E-state index contributed by atoms with van der Waals surface area (Å²) in [5, 5.41) is 3.60. The van der Waals surface area contributed by atoms with Crippen molar-refractivity contribution in [2.75, 3.05) is 0 Å². The van der Waals surface area contributed by atoms with Crippen LogP contribution in [0.25, 0.3) is 10.4 Å². The van der Waals surface area contributed by atoms with Gasteiger partial charge in [-0.15, -0.1) is 0 Å². The van der Waals surface area contributed by atoms with Crippen LogP contribution in [-0.2, 0) is 20.0 Å². The number of allylic oxidation sites excluding steroid dienone is 2. The molecule has 2 unspecified atom stereocenters. The van der Waals surface area contributed by atoms with Crippen LogP contribution in [0, 0.1) is 0 Å². The molecule has 2 aliphatic carbocycles. The first-order chi connectivity index (χ1) is 14.9. The van der Waals surface area contributed by atoms with Crippen LogP contribution in [-0.4, -0.2) is 8.07 Å². The van der Waals surface area contributed by atoms with E-state index in [0.29, 0.717) is 19.2 Å². The molecule has 32 heavy (non-hydrogen) atoms. The van der Waals surface area contributed by atoms with Crippen molar-refractivity contribution in [2.24, 2.45) is 0 Å². The topological polar surface area (TPSA) is 0 Å². The average Bonchev–Trinajstić information content (AvgIpc) is 3.18. The molecule has 0 N–H and O–H groups in total. The summed E-state index contributed by atoms with van der Waals surface area (Å²) < 4.78 is 6.98. The van der Waals surface area contributed by atoms with Crippen molar-refractivity contribution in [1.29, 1.82) is 0 Å². The van der Waals surface area contributed by atoms with Crippen LogP contribution >= 0.6 is 0 Å². The molecule has 0 amide bonds. The van der Waals surface area contributed by atoms with E-state index in [2.05, 4.69) is 100 Å². The molecule has 2 heteroatoms. The van der Waals surface area contributed by atoms with Crippen molar-refractivity contribution in [3.63, 3.8) is 0 Å². The second-order valence-electron chi connectivity index (χ2n) is 12.4. The molecule has 0 saturated heterocycles. The van der Waals surface area contributed by atoms with Gasteiger partial charge in [-0.2, -0.15) is 0 Å². The summed E-state index contributed by atoms with van der Waals surface area (Å²) in [6, 6.07) is 14.6. The Morgan fingerprint density at radius 2 is 1.06 bits per heavy atom. The Kier molecular flexibility index (Phi) is 5.16. The molecule has 168 valence electrons. The maximum absolute atomic E-state index is 2.88. The standard InChI is InChI=1S/C28H34Si.2CH3.Hf/c1-17(2)23-13-9-11-21-15-19(5)27(25(21)23)29(7,8)28-20(6)16-22-12-10-14-24(18(3)4)26(22)28;;;/h9-18H,1-8H3;2*1H3;. The van der Waals surface area contributed by atoms with Crippen LogP contribution < -0.4 is 0 Å².